The molecule has 8 heteroatoms. The highest BCUT2D eigenvalue weighted by atomic mass is 16.6. The van der Waals surface area contributed by atoms with Crippen molar-refractivity contribution in [1.82, 2.24) is 0 Å². The van der Waals surface area contributed by atoms with E-state index in [-0.39, 0.29) is 33.8 Å². The van der Waals surface area contributed by atoms with Crippen molar-refractivity contribution >= 4 is 22.3 Å². The largest absolute Gasteiger partial charge is 0.490 e. The van der Waals surface area contributed by atoms with E-state index in [9.17, 15) is 14.9 Å². The topological polar surface area (TPSA) is 118 Å². The molecule has 100 valence electrons. The van der Waals surface area contributed by atoms with Crippen LogP contribution in [0.5, 0.6) is 11.5 Å². The van der Waals surface area contributed by atoms with Crippen molar-refractivity contribution in [2.75, 3.05) is 20.0 Å². The fraction of sp³-hybridized carbons (Fsp3) is 0.182. The van der Waals surface area contributed by atoms with Crippen LogP contribution in [0.15, 0.2) is 21.3 Å². The van der Waals surface area contributed by atoms with Crippen LogP contribution in [0.4, 0.5) is 11.4 Å². The average Bonchev–Trinajstić information content (AvgIpc) is 2.38. The standard InChI is InChI=1S/C11H10N2O6/c1-17-9-7(13(15)16)4-5-3-6(12)11(14)19-8(5)10(9)18-2/h3-4H,12H2,1-2H3. The first kappa shape index (κ1) is 12.7. The second kappa shape index (κ2) is 4.48. The number of nitrogens with two attached hydrogens (primary N) is 1. The lowest BCUT2D eigenvalue weighted by Gasteiger charge is -2.10. The Morgan fingerprint density at radius 2 is 1.89 bits per heavy atom. The van der Waals surface area contributed by atoms with Crippen molar-refractivity contribution in [2.45, 2.75) is 0 Å². The number of hydrogen-bond donors (Lipinski definition) is 1. The zero-order valence-electron chi connectivity index (χ0n) is 10.1. The van der Waals surface area contributed by atoms with Crippen molar-refractivity contribution in [1.29, 1.82) is 0 Å². The molecule has 0 bridgehead atoms. The summed E-state index contributed by atoms with van der Waals surface area (Å²) in [5.41, 5.74) is 4.27. The van der Waals surface area contributed by atoms with Gasteiger partial charge in [-0.15, -0.1) is 0 Å². The molecular weight excluding hydrogens is 256 g/mol. The van der Waals surface area contributed by atoms with Gasteiger partial charge in [0.25, 0.3) is 0 Å². The van der Waals surface area contributed by atoms with Gasteiger partial charge in [-0.05, 0) is 6.07 Å². The van der Waals surface area contributed by atoms with Crippen LogP contribution in [0.2, 0.25) is 0 Å². The fourth-order valence-electron chi connectivity index (χ4n) is 1.74. The summed E-state index contributed by atoms with van der Waals surface area (Å²) in [5.74, 6) is -0.142. The zero-order valence-corrected chi connectivity index (χ0v) is 10.1. The van der Waals surface area contributed by atoms with E-state index in [2.05, 4.69) is 0 Å². The molecule has 0 radical (unpaired) electrons. The number of nitro benzene ring substituents is 1. The SMILES string of the molecule is COc1c([N+](=O)[O-])cc2cc(N)c(=O)oc2c1OC. The van der Waals surface area contributed by atoms with Gasteiger partial charge in [0, 0.05) is 11.5 Å². The van der Waals surface area contributed by atoms with Gasteiger partial charge in [0.1, 0.15) is 5.69 Å². The second-order valence-corrected chi connectivity index (χ2v) is 3.63. The van der Waals surface area contributed by atoms with Gasteiger partial charge in [-0.3, -0.25) is 10.1 Å². The first-order valence-corrected chi connectivity index (χ1v) is 5.12. The van der Waals surface area contributed by atoms with Crippen LogP contribution in [0, 0.1) is 10.1 Å². The monoisotopic (exact) mass is 266 g/mol. The maximum absolute atomic E-state index is 11.4. The molecule has 0 spiro atoms. The number of ether oxygens (including phenoxy) is 2. The lowest BCUT2D eigenvalue weighted by molar-refractivity contribution is -0.385. The van der Waals surface area contributed by atoms with Gasteiger partial charge in [0.2, 0.25) is 11.5 Å². The van der Waals surface area contributed by atoms with Crippen LogP contribution in [0.3, 0.4) is 0 Å². The molecule has 1 aromatic carbocycles. The number of nitrogens with zero attached hydrogens (tertiary/aromatic N) is 1. The van der Waals surface area contributed by atoms with Crippen molar-refractivity contribution in [3.63, 3.8) is 0 Å². The molecule has 0 unspecified atom stereocenters. The summed E-state index contributed by atoms with van der Waals surface area (Å²) in [6.07, 6.45) is 0. The molecular formula is C11H10N2O6. The maximum Gasteiger partial charge on any atom is 0.359 e. The third-order valence-corrected chi connectivity index (χ3v) is 2.55. The number of nitrogen functional groups attached to an aromatic ring is 1. The minimum Gasteiger partial charge on any atom is -0.490 e. The Labute approximate surface area is 106 Å². The molecule has 0 fully saturated rings. The summed E-state index contributed by atoms with van der Waals surface area (Å²) in [6.45, 7) is 0. The van der Waals surface area contributed by atoms with E-state index in [0.29, 0.717) is 0 Å². The highest BCUT2D eigenvalue weighted by Crippen LogP contribution is 2.42. The van der Waals surface area contributed by atoms with Gasteiger partial charge in [0.15, 0.2) is 5.58 Å². The number of rotatable bonds is 3. The molecule has 0 aliphatic heterocycles. The van der Waals surface area contributed by atoms with E-state index in [1.807, 2.05) is 0 Å². The molecule has 2 rings (SSSR count). The molecule has 0 atom stereocenters. The van der Waals surface area contributed by atoms with Crippen LogP contribution >= 0.6 is 0 Å². The zero-order chi connectivity index (χ0) is 14.2. The smallest absolute Gasteiger partial charge is 0.359 e. The number of hydrogen-bond acceptors (Lipinski definition) is 7. The van der Waals surface area contributed by atoms with E-state index in [1.54, 1.807) is 0 Å². The van der Waals surface area contributed by atoms with E-state index < -0.39 is 10.5 Å². The van der Waals surface area contributed by atoms with Crippen molar-refractivity contribution in [3.05, 3.63) is 32.7 Å². The van der Waals surface area contributed by atoms with E-state index in [1.165, 1.54) is 26.4 Å². The van der Waals surface area contributed by atoms with E-state index >= 15 is 0 Å². The molecule has 2 N–H and O–H groups in total. The third-order valence-electron chi connectivity index (χ3n) is 2.55. The number of nitro groups is 1. The lowest BCUT2D eigenvalue weighted by atomic mass is 10.1. The Hall–Kier alpha value is -2.77. The Balaban J connectivity index is 2.97. The van der Waals surface area contributed by atoms with Crippen LogP contribution in [0.25, 0.3) is 11.0 Å². The Bertz CT molecular complexity index is 721. The number of benzene rings is 1. The molecule has 1 heterocycles. The van der Waals surface area contributed by atoms with Crippen LogP contribution in [-0.4, -0.2) is 19.1 Å². The molecule has 0 saturated carbocycles. The predicted molar refractivity (Wildman–Crippen MR) is 66.7 cm³/mol. The summed E-state index contributed by atoms with van der Waals surface area (Å²) in [6, 6.07) is 2.49. The number of anilines is 1. The van der Waals surface area contributed by atoms with Crippen LogP contribution in [0.1, 0.15) is 0 Å². The normalized spacial score (nSPS) is 10.4. The first-order chi connectivity index (χ1) is 8.99. The maximum atomic E-state index is 11.4. The number of fused-ring (bicyclic) bond motifs is 1. The Kier molecular flexibility index (Phi) is 2.99. The molecule has 0 aliphatic rings. The Morgan fingerprint density at radius 1 is 1.26 bits per heavy atom. The summed E-state index contributed by atoms with van der Waals surface area (Å²) in [4.78, 5) is 21.8. The highest BCUT2D eigenvalue weighted by Gasteiger charge is 2.25. The molecule has 0 amide bonds. The van der Waals surface area contributed by atoms with Gasteiger partial charge in [0.05, 0.1) is 19.1 Å². The molecule has 1 aromatic heterocycles. The Morgan fingerprint density at radius 3 is 2.42 bits per heavy atom. The molecule has 19 heavy (non-hydrogen) atoms. The lowest BCUT2D eigenvalue weighted by Crippen LogP contribution is -2.07. The third kappa shape index (κ3) is 1.92. The van der Waals surface area contributed by atoms with Crippen molar-refractivity contribution in [2.24, 2.45) is 0 Å². The van der Waals surface area contributed by atoms with E-state index in [0.717, 1.165) is 0 Å². The van der Waals surface area contributed by atoms with Gasteiger partial charge < -0.3 is 19.6 Å². The quantitative estimate of drug-likeness (QED) is 0.505. The molecule has 0 aliphatic carbocycles. The van der Waals surface area contributed by atoms with Gasteiger partial charge in [-0.25, -0.2) is 4.79 Å². The van der Waals surface area contributed by atoms with Crippen molar-refractivity contribution < 1.29 is 18.8 Å². The second-order valence-electron chi connectivity index (χ2n) is 3.63. The summed E-state index contributed by atoms with van der Waals surface area (Å²) >= 11 is 0. The minimum atomic E-state index is -0.748. The summed E-state index contributed by atoms with van der Waals surface area (Å²) in [7, 11) is 2.55. The fourth-order valence-corrected chi connectivity index (χ4v) is 1.74. The van der Waals surface area contributed by atoms with Gasteiger partial charge >= 0.3 is 11.3 Å². The predicted octanol–water partition coefficient (Wildman–Crippen LogP) is 1.30. The molecule has 8 nitrogen and oxygen atoms in total. The van der Waals surface area contributed by atoms with Crippen LogP contribution < -0.4 is 20.8 Å². The molecule has 2 aromatic rings. The van der Waals surface area contributed by atoms with E-state index in [4.69, 9.17) is 19.6 Å². The molecule has 0 saturated heterocycles. The van der Waals surface area contributed by atoms with Gasteiger partial charge in [-0.1, -0.05) is 0 Å². The summed E-state index contributed by atoms with van der Waals surface area (Å²) in [5, 5.41) is 11.3. The minimum absolute atomic E-state index is 0.0243. The first-order valence-electron chi connectivity index (χ1n) is 5.12. The van der Waals surface area contributed by atoms with Crippen LogP contribution in [-0.2, 0) is 0 Å². The number of methoxy groups -OCH3 is 2. The van der Waals surface area contributed by atoms with Gasteiger partial charge in [-0.2, -0.15) is 0 Å². The highest BCUT2D eigenvalue weighted by molar-refractivity contribution is 5.90. The van der Waals surface area contributed by atoms with Crippen molar-refractivity contribution in [3.8, 4) is 11.5 Å². The summed E-state index contributed by atoms with van der Waals surface area (Å²) < 4.78 is 15.0. The average molecular weight is 266 g/mol.